The summed E-state index contributed by atoms with van der Waals surface area (Å²) in [5.74, 6) is 1.61. The van der Waals surface area contributed by atoms with Gasteiger partial charge in [0.2, 0.25) is 5.95 Å². The average molecular weight is 568 g/mol. The molecule has 0 unspecified atom stereocenters. The van der Waals surface area contributed by atoms with Crippen LogP contribution in [0.25, 0.3) is 0 Å². The number of aromatic nitrogens is 2. The summed E-state index contributed by atoms with van der Waals surface area (Å²) in [7, 11) is 0. The molecule has 180 valence electrons. The highest BCUT2D eigenvalue weighted by molar-refractivity contribution is 14.0. The largest absolute Gasteiger partial charge is 0.369 e. The molecule has 2 aliphatic rings. The summed E-state index contributed by atoms with van der Waals surface area (Å²) in [6.45, 7) is 12.2. The average Bonchev–Trinajstić information content (AvgIpc) is 2.85. The van der Waals surface area contributed by atoms with E-state index in [4.69, 9.17) is 4.99 Å². The Bertz CT molecular complexity index is 851. The first-order valence-electron chi connectivity index (χ1n) is 11.5. The Kier molecular flexibility index (Phi) is 9.92. The Morgan fingerprint density at radius 3 is 2.21 bits per heavy atom. The normalized spacial score (nSPS) is 17.6. The van der Waals surface area contributed by atoms with Crippen LogP contribution in [-0.2, 0) is 0 Å². The van der Waals surface area contributed by atoms with Crippen LogP contribution < -0.4 is 15.1 Å². The lowest BCUT2D eigenvalue weighted by Gasteiger charge is -2.37. The number of benzene rings is 1. The minimum atomic E-state index is -0.184. The van der Waals surface area contributed by atoms with Gasteiger partial charge in [0.15, 0.2) is 5.96 Å². The van der Waals surface area contributed by atoms with Crippen LogP contribution >= 0.6 is 24.0 Å². The number of guanidine groups is 1. The highest BCUT2D eigenvalue weighted by Crippen LogP contribution is 2.17. The zero-order chi connectivity index (χ0) is 22.2. The topological polar surface area (TPSA) is 63.1 Å². The smallest absolute Gasteiger partial charge is 0.225 e. The maximum atomic E-state index is 13.2. The second kappa shape index (κ2) is 12.9. The highest BCUT2D eigenvalue weighted by Gasteiger charge is 2.21. The van der Waals surface area contributed by atoms with Crippen LogP contribution in [0.4, 0.5) is 16.0 Å². The van der Waals surface area contributed by atoms with Gasteiger partial charge in [-0.2, -0.15) is 0 Å². The van der Waals surface area contributed by atoms with Crippen LogP contribution in [0, 0.1) is 5.82 Å². The van der Waals surface area contributed by atoms with Gasteiger partial charge in [-0.15, -0.1) is 24.0 Å². The first kappa shape index (κ1) is 25.4. The lowest BCUT2D eigenvalue weighted by molar-refractivity contribution is 0.264. The Hall–Kier alpha value is -2.21. The third-order valence-electron chi connectivity index (χ3n) is 5.99. The van der Waals surface area contributed by atoms with Gasteiger partial charge in [0.25, 0.3) is 0 Å². The molecule has 1 aromatic heterocycles. The van der Waals surface area contributed by atoms with Crippen molar-refractivity contribution in [1.29, 1.82) is 0 Å². The Morgan fingerprint density at radius 1 is 0.939 bits per heavy atom. The van der Waals surface area contributed by atoms with Crippen LogP contribution in [0.1, 0.15) is 6.92 Å². The summed E-state index contributed by atoms with van der Waals surface area (Å²) in [6, 6.07) is 8.64. The van der Waals surface area contributed by atoms with Crippen molar-refractivity contribution < 1.29 is 4.39 Å². The van der Waals surface area contributed by atoms with Crippen molar-refractivity contribution in [3.8, 4) is 0 Å². The molecule has 1 aromatic carbocycles. The number of aliphatic imine (C=N–C) groups is 1. The molecule has 1 N–H and O–H groups in total. The van der Waals surface area contributed by atoms with Crippen LogP contribution in [0.15, 0.2) is 47.7 Å². The molecule has 0 amide bonds. The van der Waals surface area contributed by atoms with Crippen molar-refractivity contribution in [1.82, 2.24) is 25.1 Å². The van der Waals surface area contributed by atoms with Crippen LogP contribution in [0.5, 0.6) is 0 Å². The number of nitrogens with one attached hydrogen (secondary N) is 1. The first-order chi connectivity index (χ1) is 15.7. The molecule has 2 fully saturated rings. The van der Waals surface area contributed by atoms with E-state index in [-0.39, 0.29) is 29.8 Å². The van der Waals surface area contributed by atoms with E-state index in [0.29, 0.717) is 0 Å². The number of hydrogen-bond donors (Lipinski definition) is 1. The van der Waals surface area contributed by atoms with E-state index in [1.165, 1.54) is 12.1 Å². The van der Waals surface area contributed by atoms with Gasteiger partial charge in [0, 0.05) is 83.5 Å². The third kappa shape index (κ3) is 7.13. The molecule has 2 saturated heterocycles. The van der Waals surface area contributed by atoms with Gasteiger partial charge >= 0.3 is 0 Å². The van der Waals surface area contributed by atoms with Gasteiger partial charge in [0.1, 0.15) is 5.82 Å². The van der Waals surface area contributed by atoms with Crippen molar-refractivity contribution in [2.45, 2.75) is 6.92 Å². The van der Waals surface area contributed by atoms with Gasteiger partial charge in [-0.05, 0) is 37.3 Å². The molecule has 0 spiro atoms. The number of piperazine rings is 2. The number of anilines is 2. The second-order valence-corrected chi connectivity index (χ2v) is 8.06. The molecule has 10 heteroatoms. The highest BCUT2D eigenvalue weighted by atomic mass is 127. The molecule has 3 heterocycles. The quantitative estimate of drug-likeness (QED) is 0.326. The lowest BCUT2D eigenvalue weighted by Crippen LogP contribution is -2.53. The second-order valence-electron chi connectivity index (χ2n) is 8.06. The van der Waals surface area contributed by atoms with Crippen LogP contribution in [0.3, 0.4) is 0 Å². The summed E-state index contributed by atoms with van der Waals surface area (Å²) in [6.07, 6.45) is 3.58. The molecular weight excluding hydrogens is 534 g/mol. The Balaban J connectivity index is 0.00000306. The number of rotatable bonds is 6. The fraction of sp³-hybridized carbons (Fsp3) is 0.522. The van der Waals surface area contributed by atoms with E-state index in [2.05, 4.69) is 41.8 Å². The molecule has 4 rings (SSSR count). The van der Waals surface area contributed by atoms with E-state index in [0.717, 1.165) is 89.6 Å². The van der Waals surface area contributed by atoms with Crippen molar-refractivity contribution in [2.75, 3.05) is 81.8 Å². The molecule has 0 bridgehead atoms. The molecule has 0 saturated carbocycles. The Morgan fingerprint density at radius 2 is 1.58 bits per heavy atom. The van der Waals surface area contributed by atoms with Crippen molar-refractivity contribution in [3.05, 3.63) is 48.5 Å². The molecule has 0 atom stereocenters. The van der Waals surface area contributed by atoms with Crippen molar-refractivity contribution in [3.63, 3.8) is 0 Å². The van der Waals surface area contributed by atoms with E-state index in [1.807, 2.05) is 18.2 Å². The summed E-state index contributed by atoms with van der Waals surface area (Å²) >= 11 is 0. The summed E-state index contributed by atoms with van der Waals surface area (Å²) in [5, 5.41) is 3.45. The fourth-order valence-corrected chi connectivity index (χ4v) is 4.18. The maximum absolute atomic E-state index is 13.2. The molecule has 33 heavy (non-hydrogen) atoms. The Labute approximate surface area is 212 Å². The summed E-state index contributed by atoms with van der Waals surface area (Å²) in [5.41, 5.74) is 1.10. The molecule has 0 aliphatic carbocycles. The van der Waals surface area contributed by atoms with Gasteiger partial charge in [0.05, 0.1) is 6.54 Å². The maximum Gasteiger partial charge on any atom is 0.225 e. The zero-order valence-electron chi connectivity index (χ0n) is 19.2. The van der Waals surface area contributed by atoms with Crippen LogP contribution in [-0.4, -0.2) is 97.7 Å². The van der Waals surface area contributed by atoms with Gasteiger partial charge in [-0.3, -0.25) is 9.89 Å². The minimum absolute atomic E-state index is 0. The first-order valence-corrected chi connectivity index (χ1v) is 11.5. The van der Waals surface area contributed by atoms with Crippen molar-refractivity contribution >= 4 is 41.6 Å². The monoisotopic (exact) mass is 568 g/mol. The van der Waals surface area contributed by atoms with E-state index < -0.39 is 0 Å². The van der Waals surface area contributed by atoms with Crippen LogP contribution in [0.2, 0.25) is 0 Å². The molecule has 8 nitrogen and oxygen atoms in total. The predicted octanol–water partition coefficient (Wildman–Crippen LogP) is 2.14. The predicted molar refractivity (Wildman–Crippen MR) is 142 cm³/mol. The van der Waals surface area contributed by atoms with Crippen molar-refractivity contribution in [2.24, 2.45) is 4.99 Å². The van der Waals surface area contributed by atoms with Gasteiger partial charge in [-0.1, -0.05) is 0 Å². The van der Waals surface area contributed by atoms with E-state index in [1.54, 1.807) is 12.4 Å². The summed E-state index contributed by atoms with van der Waals surface area (Å²) in [4.78, 5) is 23.0. The summed E-state index contributed by atoms with van der Waals surface area (Å²) < 4.78 is 13.2. The molecular formula is C23H34FIN8. The third-order valence-corrected chi connectivity index (χ3v) is 5.99. The van der Waals surface area contributed by atoms with Gasteiger partial charge in [-0.25, -0.2) is 14.4 Å². The van der Waals surface area contributed by atoms with Gasteiger partial charge < -0.3 is 20.0 Å². The number of nitrogens with zero attached hydrogens (tertiary/aromatic N) is 7. The van der Waals surface area contributed by atoms with E-state index >= 15 is 0 Å². The molecule has 2 aromatic rings. The minimum Gasteiger partial charge on any atom is -0.369 e. The number of halogens is 2. The SMILES string of the molecule is CCNC(=NCCN1CCN(c2ccc(F)cc2)CC1)N1CCN(c2ncccn2)CC1.I. The standard InChI is InChI=1S/C23H33FN8.HI/c1-2-25-22(31-16-18-32(19-17-31)23-26-8-3-9-27-23)28-10-11-29-12-14-30(15-13-29)21-6-4-20(24)5-7-21;/h3-9H,2,10-19H2,1H3,(H,25,28);1H. The molecule has 2 aliphatic heterocycles. The fourth-order valence-electron chi connectivity index (χ4n) is 4.18. The van der Waals surface area contributed by atoms with E-state index in [9.17, 15) is 4.39 Å². The lowest BCUT2D eigenvalue weighted by atomic mass is 10.2. The number of hydrogen-bond acceptors (Lipinski definition) is 6. The zero-order valence-corrected chi connectivity index (χ0v) is 21.6. The molecule has 0 radical (unpaired) electrons.